The monoisotopic (exact) mass is 420 g/mol. The van der Waals surface area contributed by atoms with E-state index in [0.29, 0.717) is 24.9 Å². The summed E-state index contributed by atoms with van der Waals surface area (Å²) in [5.41, 5.74) is 0. The van der Waals surface area contributed by atoms with Gasteiger partial charge in [-0.25, -0.2) is 12.8 Å². The van der Waals surface area contributed by atoms with Crippen LogP contribution in [0.1, 0.15) is 20.3 Å². The number of rotatable bonds is 4. The number of benzene rings is 1. The van der Waals surface area contributed by atoms with Gasteiger partial charge >= 0.3 is 0 Å². The van der Waals surface area contributed by atoms with Crippen molar-refractivity contribution in [3.63, 3.8) is 0 Å². The maximum Gasteiger partial charge on any atom is 0.240 e. The molecular formula is C20H21FN2O3S2. The van der Waals surface area contributed by atoms with Gasteiger partial charge < -0.3 is 9.32 Å². The Morgan fingerprint density at radius 3 is 2.43 bits per heavy atom. The summed E-state index contributed by atoms with van der Waals surface area (Å²) in [6.45, 7) is 5.70. The van der Waals surface area contributed by atoms with Crippen LogP contribution in [0.25, 0.3) is 10.8 Å². The summed E-state index contributed by atoms with van der Waals surface area (Å²) in [5.74, 6) is 0.904. The van der Waals surface area contributed by atoms with Crippen LogP contribution in [0.2, 0.25) is 0 Å². The van der Waals surface area contributed by atoms with E-state index in [-0.39, 0.29) is 21.7 Å². The Morgan fingerprint density at radius 2 is 1.82 bits per heavy atom. The summed E-state index contributed by atoms with van der Waals surface area (Å²) in [7, 11) is -3.95. The summed E-state index contributed by atoms with van der Waals surface area (Å²) >= 11 is 1.44. The number of hydrogen-bond acceptors (Lipinski definition) is 6. The molecule has 1 aliphatic heterocycles. The number of aromatic nitrogens is 1. The molecule has 4 rings (SSSR count). The minimum Gasteiger partial charge on any atom is -0.418 e. The second-order valence-corrected chi connectivity index (χ2v) is 10.2. The average Bonchev–Trinajstić information content (AvgIpc) is 3.31. The van der Waals surface area contributed by atoms with Gasteiger partial charge in [0.05, 0.1) is 9.77 Å². The summed E-state index contributed by atoms with van der Waals surface area (Å²) < 4.78 is 45.9. The standard InChI is InChI=1S/C20H21FN2O3S2/c1-13-10-14(2)12-23(11-13)20-19(22-18(26-20)17-4-3-9-27-17)28(24,25)16-7-5-15(21)6-8-16/h3-9,13-14H,10-12H2,1-2H3. The van der Waals surface area contributed by atoms with E-state index in [1.165, 1.54) is 23.5 Å². The van der Waals surface area contributed by atoms with Crippen molar-refractivity contribution in [1.29, 1.82) is 0 Å². The van der Waals surface area contributed by atoms with Crippen LogP contribution < -0.4 is 4.90 Å². The molecule has 5 nitrogen and oxygen atoms in total. The number of halogens is 1. The molecule has 0 saturated carbocycles. The van der Waals surface area contributed by atoms with Crippen LogP contribution in [0.15, 0.2) is 56.1 Å². The zero-order valence-corrected chi connectivity index (χ0v) is 17.3. The molecule has 8 heteroatoms. The van der Waals surface area contributed by atoms with Gasteiger partial charge in [0.25, 0.3) is 0 Å². The Hall–Kier alpha value is -2.19. The lowest BCUT2D eigenvalue weighted by Crippen LogP contribution is -2.39. The van der Waals surface area contributed by atoms with Gasteiger partial charge in [-0.05, 0) is 54.0 Å². The van der Waals surface area contributed by atoms with Crippen molar-refractivity contribution in [3.05, 3.63) is 47.6 Å². The van der Waals surface area contributed by atoms with Crippen LogP contribution in [0.3, 0.4) is 0 Å². The molecule has 0 spiro atoms. The van der Waals surface area contributed by atoms with Gasteiger partial charge in [0.15, 0.2) is 0 Å². The number of piperidine rings is 1. The third-order valence-corrected chi connectivity index (χ3v) is 7.37. The van der Waals surface area contributed by atoms with Crippen molar-refractivity contribution in [2.45, 2.75) is 30.2 Å². The molecule has 1 aliphatic rings. The molecule has 148 valence electrons. The van der Waals surface area contributed by atoms with E-state index in [4.69, 9.17) is 4.42 Å². The lowest BCUT2D eigenvalue weighted by molar-refractivity contribution is 0.342. The van der Waals surface area contributed by atoms with E-state index in [9.17, 15) is 12.8 Å². The lowest BCUT2D eigenvalue weighted by Gasteiger charge is -2.34. The number of anilines is 1. The van der Waals surface area contributed by atoms with Crippen molar-refractivity contribution in [2.75, 3.05) is 18.0 Å². The van der Waals surface area contributed by atoms with Crippen LogP contribution in [0, 0.1) is 17.7 Å². The fraction of sp³-hybridized carbons (Fsp3) is 0.350. The van der Waals surface area contributed by atoms with Crippen LogP contribution in [-0.4, -0.2) is 26.5 Å². The smallest absolute Gasteiger partial charge is 0.240 e. The molecule has 0 radical (unpaired) electrons. The molecule has 2 aromatic heterocycles. The van der Waals surface area contributed by atoms with Gasteiger partial charge in [-0.2, -0.15) is 4.98 Å². The molecule has 1 aromatic carbocycles. The average molecular weight is 421 g/mol. The third-order valence-electron chi connectivity index (χ3n) is 4.85. The molecule has 0 bridgehead atoms. The second-order valence-electron chi connectivity index (χ2n) is 7.42. The van der Waals surface area contributed by atoms with Crippen molar-refractivity contribution in [2.24, 2.45) is 11.8 Å². The zero-order chi connectivity index (χ0) is 19.9. The quantitative estimate of drug-likeness (QED) is 0.564. The Morgan fingerprint density at radius 1 is 1.14 bits per heavy atom. The van der Waals surface area contributed by atoms with Gasteiger partial charge in [-0.3, -0.25) is 0 Å². The Bertz CT molecular complexity index is 1050. The largest absolute Gasteiger partial charge is 0.418 e. The van der Waals surface area contributed by atoms with Gasteiger partial charge in [-0.1, -0.05) is 19.9 Å². The maximum atomic E-state index is 13.3. The fourth-order valence-corrected chi connectivity index (χ4v) is 5.70. The Balaban J connectivity index is 1.84. The highest BCUT2D eigenvalue weighted by Gasteiger charge is 2.34. The summed E-state index contributed by atoms with van der Waals surface area (Å²) in [6.07, 6.45) is 1.09. The molecule has 0 aliphatic carbocycles. The van der Waals surface area contributed by atoms with Crippen molar-refractivity contribution in [1.82, 2.24) is 4.98 Å². The molecule has 0 amide bonds. The Kier molecular flexibility index (Phi) is 5.01. The topological polar surface area (TPSA) is 63.4 Å². The van der Waals surface area contributed by atoms with Crippen molar-refractivity contribution < 1.29 is 17.2 Å². The maximum absolute atomic E-state index is 13.3. The first-order chi connectivity index (χ1) is 13.3. The van der Waals surface area contributed by atoms with E-state index in [2.05, 4.69) is 18.8 Å². The van der Waals surface area contributed by atoms with E-state index in [1.54, 1.807) is 0 Å². The lowest BCUT2D eigenvalue weighted by atomic mass is 9.92. The van der Waals surface area contributed by atoms with E-state index in [1.807, 2.05) is 22.4 Å². The van der Waals surface area contributed by atoms with Crippen LogP contribution in [0.5, 0.6) is 0 Å². The summed E-state index contributed by atoms with van der Waals surface area (Å²) in [4.78, 5) is 7.10. The molecular weight excluding hydrogens is 399 g/mol. The van der Waals surface area contributed by atoms with Crippen LogP contribution in [0.4, 0.5) is 10.3 Å². The molecule has 2 unspecified atom stereocenters. The van der Waals surface area contributed by atoms with Crippen LogP contribution >= 0.6 is 11.3 Å². The predicted octanol–water partition coefficient (Wildman–Crippen LogP) is 4.86. The summed E-state index contributed by atoms with van der Waals surface area (Å²) in [6, 6.07) is 8.50. The molecule has 3 aromatic rings. The first-order valence-corrected chi connectivity index (χ1v) is 11.5. The third kappa shape index (κ3) is 3.58. The van der Waals surface area contributed by atoms with Crippen molar-refractivity contribution in [3.8, 4) is 10.8 Å². The highest BCUT2D eigenvalue weighted by atomic mass is 32.2. The normalized spacial score (nSPS) is 20.5. The SMILES string of the molecule is CC1CC(C)CN(c2oc(-c3cccs3)nc2S(=O)(=O)c2ccc(F)cc2)C1. The van der Waals surface area contributed by atoms with Gasteiger partial charge in [0, 0.05) is 13.1 Å². The van der Waals surface area contributed by atoms with Gasteiger partial charge in [0.1, 0.15) is 5.82 Å². The van der Waals surface area contributed by atoms with E-state index >= 15 is 0 Å². The number of nitrogens with zero attached hydrogens (tertiary/aromatic N) is 2. The molecule has 28 heavy (non-hydrogen) atoms. The molecule has 2 atom stereocenters. The van der Waals surface area contributed by atoms with Gasteiger partial charge in [0.2, 0.25) is 26.6 Å². The van der Waals surface area contributed by atoms with Gasteiger partial charge in [-0.15, -0.1) is 11.3 Å². The number of thiophene rings is 1. The zero-order valence-electron chi connectivity index (χ0n) is 15.6. The number of hydrogen-bond donors (Lipinski definition) is 0. The summed E-state index contributed by atoms with van der Waals surface area (Å²) in [5, 5.41) is 1.78. The minimum absolute atomic E-state index is 0.000661. The minimum atomic E-state index is -3.95. The second kappa shape index (κ2) is 7.33. The molecule has 3 heterocycles. The molecule has 1 fully saturated rings. The molecule has 0 N–H and O–H groups in total. The van der Waals surface area contributed by atoms with E-state index < -0.39 is 15.7 Å². The first kappa shape index (κ1) is 19.1. The highest BCUT2D eigenvalue weighted by molar-refractivity contribution is 7.91. The number of sulfone groups is 1. The van der Waals surface area contributed by atoms with Crippen molar-refractivity contribution >= 4 is 27.1 Å². The molecule has 1 saturated heterocycles. The number of oxazole rings is 1. The highest BCUT2D eigenvalue weighted by Crippen LogP contribution is 2.38. The fourth-order valence-electron chi connectivity index (χ4n) is 3.73. The first-order valence-electron chi connectivity index (χ1n) is 9.15. The Labute approximate surface area is 167 Å². The van der Waals surface area contributed by atoms with E-state index in [0.717, 1.165) is 23.4 Å². The predicted molar refractivity (Wildman–Crippen MR) is 107 cm³/mol. The van der Waals surface area contributed by atoms with Crippen LogP contribution in [-0.2, 0) is 9.84 Å².